The molecule has 17 heavy (non-hydrogen) atoms. The van der Waals surface area contributed by atoms with E-state index in [0.717, 1.165) is 0 Å². The van der Waals surface area contributed by atoms with Crippen molar-refractivity contribution in [2.45, 2.75) is 26.8 Å². The maximum Gasteiger partial charge on any atom is 0.234 e. The van der Waals surface area contributed by atoms with E-state index in [4.69, 9.17) is 5.26 Å². The van der Waals surface area contributed by atoms with Gasteiger partial charge in [0.25, 0.3) is 0 Å². The van der Waals surface area contributed by atoms with E-state index in [1.165, 1.54) is 15.3 Å². The fraction of sp³-hybridized carbons (Fsp3) is 0.500. The third kappa shape index (κ3) is 4.17. The highest BCUT2D eigenvalue weighted by atomic mass is 32.1. The van der Waals surface area contributed by atoms with Gasteiger partial charge in [0.2, 0.25) is 5.91 Å². The van der Waals surface area contributed by atoms with Crippen molar-refractivity contribution in [3.63, 3.8) is 0 Å². The van der Waals surface area contributed by atoms with Crippen molar-refractivity contribution >= 4 is 17.2 Å². The largest absolute Gasteiger partial charge is 0.342 e. The first-order chi connectivity index (χ1) is 8.04. The first-order valence-corrected chi connectivity index (χ1v) is 6.30. The molecule has 1 aromatic heterocycles. The van der Waals surface area contributed by atoms with E-state index in [-0.39, 0.29) is 25.0 Å². The summed E-state index contributed by atoms with van der Waals surface area (Å²) in [5, 5.41) is 14.0. The molecule has 0 aliphatic carbocycles. The van der Waals surface area contributed by atoms with Crippen LogP contribution in [-0.2, 0) is 4.79 Å². The molecule has 4 nitrogen and oxygen atoms in total. The summed E-state index contributed by atoms with van der Waals surface area (Å²) in [6, 6.07) is 4.16. The molecule has 5 heteroatoms. The molecule has 0 fully saturated rings. The van der Waals surface area contributed by atoms with Crippen LogP contribution in [0.2, 0.25) is 0 Å². The number of rotatable bonds is 5. The Bertz CT molecular complexity index is 433. The van der Waals surface area contributed by atoms with E-state index in [9.17, 15) is 4.79 Å². The van der Waals surface area contributed by atoms with Crippen molar-refractivity contribution in [2.75, 3.05) is 13.1 Å². The summed E-state index contributed by atoms with van der Waals surface area (Å²) < 4.78 is 0. The Morgan fingerprint density at radius 1 is 1.59 bits per heavy atom. The molecule has 92 valence electrons. The van der Waals surface area contributed by atoms with Crippen LogP contribution in [0, 0.1) is 25.2 Å². The van der Waals surface area contributed by atoms with E-state index >= 15 is 0 Å². The molecule has 0 aromatic carbocycles. The van der Waals surface area contributed by atoms with Gasteiger partial charge in [0, 0.05) is 15.8 Å². The summed E-state index contributed by atoms with van der Waals surface area (Å²) in [5.74, 6) is -0.150. The second-order valence-electron chi connectivity index (χ2n) is 3.91. The average molecular weight is 251 g/mol. The SMILES string of the molecule is Cc1cc(C(C)NCC(=O)NCC#N)c(C)s1. The number of amides is 1. The van der Waals surface area contributed by atoms with Crippen molar-refractivity contribution in [2.24, 2.45) is 0 Å². The van der Waals surface area contributed by atoms with Crippen molar-refractivity contribution in [1.82, 2.24) is 10.6 Å². The van der Waals surface area contributed by atoms with Gasteiger partial charge in [-0.1, -0.05) is 0 Å². The van der Waals surface area contributed by atoms with E-state index in [2.05, 4.69) is 30.5 Å². The van der Waals surface area contributed by atoms with Crippen molar-refractivity contribution in [3.8, 4) is 6.07 Å². The van der Waals surface area contributed by atoms with E-state index in [1.807, 2.05) is 13.0 Å². The third-order valence-corrected chi connectivity index (χ3v) is 3.46. The molecule has 1 aromatic rings. The Morgan fingerprint density at radius 2 is 2.29 bits per heavy atom. The lowest BCUT2D eigenvalue weighted by Crippen LogP contribution is -2.35. The van der Waals surface area contributed by atoms with Crippen molar-refractivity contribution in [1.29, 1.82) is 5.26 Å². The summed E-state index contributed by atoms with van der Waals surface area (Å²) >= 11 is 1.76. The summed E-state index contributed by atoms with van der Waals surface area (Å²) in [6.07, 6.45) is 0. The van der Waals surface area contributed by atoms with Crippen LogP contribution in [0.1, 0.15) is 28.3 Å². The summed E-state index contributed by atoms with van der Waals surface area (Å²) in [6.45, 7) is 6.49. The lowest BCUT2D eigenvalue weighted by atomic mass is 10.1. The molecule has 2 N–H and O–H groups in total. The van der Waals surface area contributed by atoms with Gasteiger partial charge in [-0.25, -0.2) is 0 Å². The summed E-state index contributed by atoms with van der Waals surface area (Å²) in [7, 11) is 0. The summed E-state index contributed by atoms with van der Waals surface area (Å²) in [4.78, 5) is 13.9. The molecule has 0 spiro atoms. The van der Waals surface area contributed by atoms with Crippen LogP contribution < -0.4 is 10.6 Å². The molecular weight excluding hydrogens is 234 g/mol. The zero-order valence-corrected chi connectivity index (χ0v) is 11.1. The predicted octanol–water partition coefficient (Wildman–Crippen LogP) is 1.66. The number of nitriles is 1. The Labute approximate surface area is 106 Å². The predicted molar refractivity (Wildman–Crippen MR) is 68.8 cm³/mol. The number of nitrogens with zero attached hydrogens (tertiary/aromatic N) is 1. The first kappa shape index (κ1) is 13.7. The molecule has 0 saturated heterocycles. The zero-order chi connectivity index (χ0) is 12.8. The smallest absolute Gasteiger partial charge is 0.234 e. The van der Waals surface area contributed by atoms with Crippen LogP contribution in [0.15, 0.2) is 6.07 Å². The second-order valence-corrected chi connectivity index (χ2v) is 5.37. The molecule has 1 heterocycles. The topological polar surface area (TPSA) is 64.9 Å². The normalized spacial score (nSPS) is 11.9. The number of hydrogen-bond donors (Lipinski definition) is 2. The standard InChI is InChI=1S/C12H17N3OS/c1-8-6-11(10(3)17-8)9(2)15-7-12(16)14-5-4-13/h6,9,15H,5,7H2,1-3H3,(H,14,16). The highest BCUT2D eigenvalue weighted by Crippen LogP contribution is 2.25. The fourth-order valence-corrected chi connectivity index (χ4v) is 2.66. The van der Waals surface area contributed by atoms with Gasteiger partial charge < -0.3 is 10.6 Å². The fourth-order valence-electron chi connectivity index (χ4n) is 1.64. The van der Waals surface area contributed by atoms with Crippen LogP contribution in [0.5, 0.6) is 0 Å². The van der Waals surface area contributed by atoms with Crippen molar-refractivity contribution in [3.05, 3.63) is 21.4 Å². The minimum absolute atomic E-state index is 0.0610. The van der Waals surface area contributed by atoms with Crippen LogP contribution in [0.4, 0.5) is 0 Å². The van der Waals surface area contributed by atoms with Crippen LogP contribution in [-0.4, -0.2) is 19.0 Å². The molecule has 0 aliphatic rings. The molecule has 1 rings (SSSR count). The van der Waals surface area contributed by atoms with Gasteiger partial charge in [0.05, 0.1) is 12.6 Å². The number of nitrogens with one attached hydrogen (secondary N) is 2. The monoisotopic (exact) mass is 251 g/mol. The van der Waals surface area contributed by atoms with Gasteiger partial charge in [-0.3, -0.25) is 4.79 Å². The van der Waals surface area contributed by atoms with Crippen LogP contribution in [0.3, 0.4) is 0 Å². The van der Waals surface area contributed by atoms with Crippen molar-refractivity contribution < 1.29 is 4.79 Å². The Kier molecular flexibility index (Phi) is 5.13. The van der Waals surface area contributed by atoms with Crippen LogP contribution >= 0.6 is 11.3 Å². The first-order valence-electron chi connectivity index (χ1n) is 5.48. The van der Waals surface area contributed by atoms with Gasteiger partial charge >= 0.3 is 0 Å². The number of carbonyl (C=O) groups is 1. The number of carbonyl (C=O) groups excluding carboxylic acids is 1. The summed E-state index contributed by atoms with van der Waals surface area (Å²) in [5.41, 5.74) is 1.24. The third-order valence-electron chi connectivity index (χ3n) is 2.48. The highest BCUT2D eigenvalue weighted by Gasteiger charge is 2.11. The van der Waals surface area contributed by atoms with E-state index in [1.54, 1.807) is 11.3 Å². The van der Waals surface area contributed by atoms with Gasteiger partial charge in [0.15, 0.2) is 0 Å². The molecule has 0 saturated carbocycles. The number of thiophene rings is 1. The maximum atomic E-state index is 11.3. The van der Waals surface area contributed by atoms with Gasteiger partial charge in [0.1, 0.15) is 6.54 Å². The number of aryl methyl sites for hydroxylation is 2. The molecule has 1 atom stereocenters. The molecule has 0 aliphatic heterocycles. The Hall–Kier alpha value is -1.38. The maximum absolute atomic E-state index is 11.3. The molecule has 0 radical (unpaired) electrons. The Morgan fingerprint density at radius 3 is 2.82 bits per heavy atom. The minimum atomic E-state index is -0.150. The Balaban J connectivity index is 2.45. The lowest BCUT2D eigenvalue weighted by Gasteiger charge is -2.13. The lowest BCUT2D eigenvalue weighted by molar-refractivity contribution is -0.120. The van der Waals surface area contributed by atoms with Gasteiger partial charge in [-0.05, 0) is 32.4 Å². The number of hydrogen-bond acceptors (Lipinski definition) is 4. The quantitative estimate of drug-likeness (QED) is 0.782. The van der Waals surface area contributed by atoms with Gasteiger partial charge in [-0.15, -0.1) is 11.3 Å². The van der Waals surface area contributed by atoms with Crippen LogP contribution in [0.25, 0.3) is 0 Å². The van der Waals surface area contributed by atoms with E-state index in [0.29, 0.717) is 0 Å². The zero-order valence-electron chi connectivity index (χ0n) is 10.3. The highest BCUT2D eigenvalue weighted by molar-refractivity contribution is 7.12. The minimum Gasteiger partial charge on any atom is -0.342 e. The second kappa shape index (κ2) is 6.38. The van der Waals surface area contributed by atoms with E-state index < -0.39 is 0 Å². The molecule has 0 bridgehead atoms. The molecule has 1 unspecified atom stereocenters. The average Bonchev–Trinajstić information content (AvgIpc) is 2.62. The van der Waals surface area contributed by atoms with Gasteiger partial charge in [-0.2, -0.15) is 5.26 Å². The molecule has 1 amide bonds. The molecular formula is C12H17N3OS.